The lowest BCUT2D eigenvalue weighted by Crippen LogP contribution is -2.27. The molecule has 0 aromatic carbocycles. The number of aryl methyl sites for hydroxylation is 1. The Morgan fingerprint density at radius 3 is 2.44 bits per heavy atom. The van der Waals surface area contributed by atoms with Crippen LogP contribution in [0.5, 0.6) is 0 Å². The van der Waals surface area contributed by atoms with Crippen molar-refractivity contribution in [2.45, 2.75) is 33.3 Å². The number of nitrogens with zero attached hydrogens (tertiary/aromatic N) is 1. The molecule has 0 spiro atoms. The smallest absolute Gasteiger partial charge is 0.346 e. The zero-order valence-electron chi connectivity index (χ0n) is 10.8. The highest BCUT2D eigenvalue weighted by atomic mass is 16.6. The molecule has 1 aromatic rings. The monoisotopic (exact) mass is 256 g/mol. The van der Waals surface area contributed by atoms with Crippen molar-refractivity contribution < 1.29 is 23.6 Å². The fraction of sp³-hybridized carbons (Fsp3) is 0.545. The second-order valence-corrected chi connectivity index (χ2v) is 4.67. The number of nitrogen functional groups attached to an aromatic ring is 1. The summed E-state index contributed by atoms with van der Waals surface area (Å²) >= 11 is 0. The fourth-order valence-corrected chi connectivity index (χ4v) is 1.20. The fourth-order valence-electron chi connectivity index (χ4n) is 1.20. The van der Waals surface area contributed by atoms with Crippen molar-refractivity contribution in [3.63, 3.8) is 0 Å². The van der Waals surface area contributed by atoms with Gasteiger partial charge in [-0.25, -0.2) is 9.59 Å². The molecule has 0 aliphatic rings. The lowest BCUT2D eigenvalue weighted by Gasteiger charge is -2.19. The topological polar surface area (TPSA) is 105 Å². The minimum Gasteiger partial charge on any atom is -0.457 e. The normalized spacial score (nSPS) is 11.1. The van der Waals surface area contributed by atoms with Gasteiger partial charge in [-0.3, -0.25) is 0 Å². The second kappa shape index (κ2) is 5.07. The number of hydrogen-bond donors (Lipinski definition) is 1. The molecule has 0 saturated heterocycles. The summed E-state index contributed by atoms with van der Waals surface area (Å²) in [6, 6.07) is 0. The molecule has 18 heavy (non-hydrogen) atoms. The van der Waals surface area contributed by atoms with Crippen molar-refractivity contribution in [3.05, 3.63) is 11.3 Å². The molecule has 0 aliphatic heterocycles. The highest BCUT2D eigenvalue weighted by molar-refractivity contribution is 5.95. The third kappa shape index (κ3) is 3.76. The molecule has 1 aromatic heterocycles. The van der Waals surface area contributed by atoms with E-state index in [0.29, 0.717) is 5.69 Å². The van der Waals surface area contributed by atoms with Gasteiger partial charge in [0.25, 0.3) is 0 Å². The van der Waals surface area contributed by atoms with Gasteiger partial charge in [-0.2, -0.15) is 0 Å². The number of anilines is 1. The minimum atomic E-state index is -0.767. The van der Waals surface area contributed by atoms with Crippen LogP contribution < -0.4 is 5.73 Å². The summed E-state index contributed by atoms with van der Waals surface area (Å²) in [6.45, 7) is 6.21. The molecule has 100 valence electrons. The van der Waals surface area contributed by atoms with E-state index in [1.54, 1.807) is 27.7 Å². The molecule has 7 heteroatoms. The highest BCUT2D eigenvalue weighted by Crippen LogP contribution is 2.16. The van der Waals surface area contributed by atoms with E-state index in [4.69, 9.17) is 15.2 Å². The van der Waals surface area contributed by atoms with E-state index in [1.165, 1.54) is 0 Å². The van der Waals surface area contributed by atoms with Crippen LogP contribution in [0.15, 0.2) is 4.52 Å². The van der Waals surface area contributed by atoms with E-state index in [1.807, 2.05) is 0 Å². The molecule has 0 bridgehead atoms. The molecule has 2 N–H and O–H groups in total. The number of aromatic nitrogens is 1. The van der Waals surface area contributed by atoms with Gasteiger partial charge in [-0.05, 0) is 27.7 Å². The number of carbonyl (C=O) groups is 2. The molecular formula is C11H16N2O5. The van der Waals surface area contributed by atoms with Crippen molar-refractivity contribution in [1.82, 2.24) is 5.16 Å². The largest absolute Gasteiger partial charge is 0.457 e. The molecule has 0 unspecified atom stereocenters. The summed E-state index contributed by atoms with van der Waals surface area (Å²) in [5, 5.41) is 3.51. The Morgan fingerprint density at radius 1 is 1.39 bits per heavy atom. The number of esters is 2. The second-order valence-electron chi connectivity index (χ2n) is 4.67. The van der Waals surface area contributed by atoms with Crippen molar-refractivity contribution in [2.75, 3.05) is 12.3 Å². The van der Waals surface area contributed by atoms with Gasteiger partial charge >= 0.3 is 11.9 Å². The maximum Gasteiger partial charge on any atom is 0.346 e. The van der Waals surface area contributed by atoms with Crippen LogP contribution in [-0.4, -0.2) is 29.3 Å². The zero-order valence-corrected chi connectivity index (χ0v) is 10.8. The van der Waals surface area contributed by atoms with Crippen LogP contribution in [0.2, 0.25) is 0 Å². The number of rotatable bonds is 3. The Balaban J connectivity index is 2.55. The van der Waals surface area contributed by atoms with Crippen LogP contribution >= 0.6 is 0 Å². The zero-order chi connectivity index (χ0) is 13.9. The number of carbonyl (C=O) groups excluding carboxylic acids is 2. The quantitative estimate of drug-likeness (QED) is 0.806. The Hall–Kier alpha value is -2.05. The lowest BCUT2D eigenvalue weighted by atomic mass is 10.2. The van der Waals surface area contributed by atoms with Crippen LogP contribution in [0.25, 0.3) is 0 Å². The summed E-state index contributed by atoms with van der Waals surface area (Å²) in [4.78, 5) is 22.9. The molecule has 0 amide bonds. The van der Waals surface area contributed by atoms with E-state index in [2.05, 4.69) is 9.68 Å². The van der Waals surface area contributed by atoms with E-state index >= 15 is 0 Å². The van der Waals surface area contributed by atoms with Crippen molar-refractivity contribution in [3.8, 4) is 0 Å². The molecule has 0 radical (unpaired) electrons. The Labute approximate surface area is 104 Å². The van der Waals surface area contributed by atoms with Crippen LogP contribution in [0.4, 0.5) is 5.88 Å². The molecule has 0 atom stereocenters. The summed E-state index contributed by atoms with van der Waals surface area (Å²) in [6.07, 6.45) is 0. The molecule has 1 heterocycles. The highest BCUT2D eigenvalue weighted by Gasteiger charge is 2.22. The van der Waals surface area contributed by atoms with Gasteiger partial charge < -0.3 is 19.7 Å². The van der Waals surface area contributed by atoms with Crippen LogP contribution in [0.3, 0.4) is 0 Å². The lowest BCUT2D eigenvalue weighted by molar-refractivity contribution is -0.158. The van der Waals surface area contributed by atoms with Crippen LogP contribution in [0.1, 0.15) is 36.8 Å². The number of hydrogen-bond acceptors (Lipinski definition) is 7. The Bertz CT molecular complexity index is 439. The first-order valence-electron chi connectivity index (χ1n) is 5.31. The summed E-state index contributed by atoms with van der Waals surface area (Å²) in [5.41, 5.74) is 5.11. The van der Waals surface area contributed by atoms with Gasteiger partial charge in [0.1, 0.15) is 11.2 Å². The summed E-state index contributed by atoms with van der Waals surface area (Å²) in [7, 11) is 0. The first-order valence-corrected chi connectivity index (χ1v) is 5.31. The SMILES string of the molecule is Cc1noc(N)c1C(=O)OCC(=O)OC(C)(C)C. The van der Waals surface area contributed by atoms with Gasteiger partial charge in [0.2, 0.25) is 5.88 Å². The maximum absolute atomic E-state index is 11.6. The standard InChI is InChI=1S/C11H16N2O5/c1-6-8(9(12)18-13-6)10(15)16-5-7(14)17-11(2,3)4/h5,12H2,1-4H3. The van der Waals surface area contributed by atoms with E-state index in [-0.39, 0.29) is 11.4 Å². The first-order chi connectivity index (χ1) is 8.20. The minimum absolute atomic E-state index is 0.0264. The molecule has 1 rings (SSSR count). The average Bonchev–Trinajstić information content (AvgIpc) is 2.53. The Kier molecular flexibility index (Phi) is 3.95. The molecule has 0 saturated carbocycles. The van der Waals surface area contributed by atoms with E-state index < -0.39 is 24.1 Å². The maximum atomic E-state index is 11.6. The van der Waals surface area contributed by atoms with Crippen molar-refractivity contribution in [2.24, 2.45) is 0 Å². The summed E-state index contributed by atoms with van der Waals surface area (Å²) < 4.78 is 14.4. The van der Waals surface area contributed by atoms with Gasteiger partial charge in [-0.15, -0.1) is 0 Å². The predicted octanol–water partition coefficient (Wildman–Crippen LogP) is 1.06. The van der Waals surface area contributed by atoms with Gasteiger partial charge in [0, 0.05) is 0 Å². The van der Waals surface area contributed by atoms with E-state index in [0.717, 1.165) is 0 Å². The predicted molar refractivity (Wildman–Crippen MR) is 61.8 cm³/mol. The average molecular weight is 256 g/mol. The summed E-state index contributed by atoms with van der Waals surface area (Å²) in [5.74, 6) is -1.54. The number of nitrogens with two attached hydrogens (primary N) is 1. The van der Waals surface area contributed by atoms with Crippen molar-refractivity contribution >= 4 is 17.8 Å². The molecule has 0 aliphatic carbocycles. The van der Waals surface area contributed by atoms with Crippen LogP contribution in [-0.2, 0) is 14.3 Å². The molecular weight excluding hydrogens is 240 g/mol. The van der Waals surface area contributed by atoms with E-state index in [9.17, 15) is 9.59 Å². The van der Waals surface area contributed by atoms with Gasteiger partial charge in [0.15, 0.2) is 6.61 Å². The third-order valence-corrected chi connectivity index (χ3v) is 1.83. The van der Waals surface area contributed by atoms with Crippen molar-refractivity contribution in [1.29, 1.82) is 0 Å². The third-order valence-electron chi connectivity index (χ3n) is 1.83. The molecule has 0 fully saturated rings. The van der Waals surface area contributed by atoms with Crippen LogP contribution in [0, 0.1) is 6.92 Å². The Morgan fingerprint density at radius 2 is 2.00 bits per heavy atom. The number of ether oxygens (including phenoxy) is 2. The van der Waals surface area contributed by atoms with Gasteiger partial charge in [-0.1, -0.05) is 5.16 Å². The first kappa shape index (κ1) is 14.0. The van der Waals surface area contributed by atoms with Gasteiger partial charge in [0.05, 0.1) is 5.69 Å². The molecule has 7 nitrogen and oxygen atoms in total.